The van der Waals surface area contributed by atoms with Gasteiger partial charge in [-0.2, -0.15) is 0 Å². The number of nitrogens with one attached hydrogen (secondary N) is 1. The summed E-state index contributed by atoms with van der Waals surface area (Å²) < 4.78 is 29.3. The molecule has 2 N–H and O–H groups in total. The molecule has 2 aliphatic heterocycles. The minimum Gasteiger partial charge on any atom is -0.478 e. The lowest BCUT2D eigenvalue weighted by Gasteiger charge is -2.35. The van der Waals surface area contributed by atoms with E-state index in [0.29, 0.717) is 12.1 Å². The highest BCUT2D eigenvalue weighted by Gasteiger charge is 2.70. The number of ether oxygens (including phenoxy) is 3. The van der Waals surface area contributed by atoms with Crippen molar-refractivity contribution in [1.29, 1.82) is 0 Å². The number of carbonyl (C=O) groups excluding carboxylic acids is 1. The molecular weight excluding hydrogens is 333 g/mol. The molecule has 5 unspecified atom stereocenters. The van der Waals surface area contributed by atoms with Crippen molar-refractivity contribution in [2.75, 3.05) is 5.32 Å². The van der Waals surface area contributed by atoms with Crippen molar-refractivity contribution in [1.82, 2.24) is 0 Å². The molecule has 5 atom stereocenters. The summed E-state index contributed by atoms with van der Waals surface area (Å²) in [7, 11) is 0. The highest BCUT2D eigenvalue weighted by molar-refractivity contribution is 5.87. The first-order valence-corrected chi connectivity index (χ1v) is 7.88. The number of benzene rings is 1. The number of anilines is 1. The van der Waals surface area contributed by atoms with Crippen LogP contribution in [0.2, 0.25) is 0 Å². The molecule has 0 aromatic heterocycles. The number of aliphatic carboxylic acids is 1. The van der Waals surface area contributed by atoms with Gasteiger partial charge >= 0.3 is 12.1 Å². The Morgan fingerprint density at radius 2 is 2.08 bits per heavy atom. The summed E-state index contributed by atoms with van der Waals surface area (Å²) >= 11 is 0. The molecule has 2 fully saturated rings. The molecule has 0 spiro atoms. The molecule has 7 nitrogen and oxygen atoms in total. The fourth-order valence-corrected chi connectivity index (χ4v) is 3.81. The van der Waals surface area contributed by atoms with Crippen LogP contribution in [0.4, 0.5) is 14.9 Å². The zero-order valence-electron chi connectivity index (χ0n) is 13.3. The third-order valence-electron chi connectivity index (χ3n) is 5.12. The summed E-state index contributed by atoms with van der Waals surface area (Å²) in [5, 5.41) is 11.8. The van der Waals surface area contributed by atoms with Gasteiger partial charge in [0.15, 0.2) is 0 Å². The second-order valence-corrected chi connectivity index (χ2v) is 6.58. The van der Waals surface area contributed by atoms with E-state index in [2.05, 4.69) is 5.32 Å². The van der Waals surface area contributed by atoms with Gasteiger partial charge in [-0.1, -0.05) is 0 Å². The van der Waals surface area contributed by atoms with E-state index in [0.717, 1.165) is 6.26 Å². The number of amides is 1. The van der Waals surface area contributed by atoms with E-state index in [1.165, 1.54) is 24.3 Å². The maximum Gasteiger partial charge on any atom is 0.414 e. The van der Waals surface area contributed by atoms with Gasteiger partial charge in [-0.3, -0.25) is 5.32 Å². The zero-order chi connectivity index (χ0) is 17.8. The number of carboxylic acids is 1. The predicted molar refractivity (Wildman–Crippen MR) is 82.0 cm³/mol. The van der Waals surface area contributed by atoms with E-state index in [-0.39, 0.29) is 17.6 Å². The quantitative estimate of drug-likeness (QED) is 0.814. The SMILES string of the molecule is CC12OC1CC1C(C(=O)O)=COC(OC(=O)Nc3ccc(F)cc3)C12. The Labute approximate surface area is 142 Å². The van der Waals surface area contributed by atoms with E-state index in [1.807, 2.05) is 6.92 Å². The maximum absolute atomic E-state index is 12.9. The summed E-state index contributed by atoms with van der Waals surface area (Å²) in [6.45, 7) is 1.87. The molecule has 8 heteroatoms. The minimum atomic E-state index is -1.05. The van der Waals surface area contributed by atoms with Crippen molar-refractivity contribution in [3.63, 3.8) is 0 Å². The van der Waals surface area contributed by atoms with Crippen LogP contribution in [0.3, 0.4) is 0 Å². The van der Waals surface area contributed by atoms with Crippen LogP contribution in [0, 0.1) is 17.7 Å². The minimum absolute atomic E-state index is 0.0572. The first-order chi connectivity index (χ1) is 11.9. The summed E-state index contributed by atoms with van der Waals surface area (Å²) in [5.41, 5.74) is -0.0139. The number of fused-ring (bicyclic) bond motifs is 3. The molecule has 1 saturated carbocycles. The van der Waals surface area contributed by atoms with E-state index in [9.17, 15) is 19.1 Å². The van der Waals surface area contributed by atoms with Gasteiger partial charge in [0.1, 0.15) is 11.4 Å². The topological polar surface area (TPSA) is 97.4 Å². The van der Waals surface area contributed by atoms with Gasteiger partial charge in [-0.25, -0.2) is 14.0 Å². The van der Waals surface area contributed by atoms with Crippen molar-refractivity contribution < 1.29 is 33.3 Å². The molecule has 0 radical (unpaired) electrons. The Morgan fingerprint density at radius 3 is 2.76 bits per heavy atom. The lowest BCUT2D eigenvalue weighted by Crippen LogP contribution is -2.43. The third kappa shape index (κ3) is 2.62. The van der Waals surface area contributed by atoms with E-state index in [1.54, 1.807) is 0 Å². The summed E-state index contributed by atoms with van der Waals surface area (Å²) in [6.07, 6.45) is -0.0743. The summed E-state index contributed by atoms with van der Waals surface area (Å²) in [4.78, 5) is 23.5. The van der Waals surface area contributed by atoms with Gasteiger partial charge in [0.2, 0.25) is 0 Å². The van der Waals surface area contributed by atoms with Gasteiger partial charge in [0.05, 0.1) is 23.9 Å². The van der Waals surface area contributed by atoms with Crippen LogP contribution in [0.5, 0.6) is 0 Å². The highest BCUT2D eigenvalue weighted by Crippen LogP contribution is 2.60. The van der Waals surface area contributed by atoms with E-state index >= 15 is 0 Å². The zero-order valence-corrected chi connectivity index (χ0v) is 13.3. The van der Waals surface area contributed by atoms with Crippen LogP contribution in [-0.2, 0) is 19.0 Å². The molecule has 3 aliphatic rings. The summed E-state index contributed by atoms with van der Waals surface area (Å²) in [6, 6.07) is 5.23. The lowest BCUT2D eigenvalue weighted by molar-refractivity contribution is -0.147. The average Bonchev–Trinajstić information content (AvgIpc) is 3.10. The van der Waals surface area contributed by atoms with Crippen molar-refractivity contribution in [2.24, 2.45) is 11.8 Å². The first-order valence-electron chi connectivity index (χ1n) is 7.88. The lowest BCUT2D eigenvalue weighted by atomic mass is 9.82. The standard InChI is InChI=1S/C17H16FNO6/c1-17-12(25-17)6-10-11(14(20)21)7-23-15(13(10)17)24-16(22)19-9-4-2-8(18)3-5-9/h2-5,7,10,12-13,15H,6H2,1H3,(H,19,22)(H,20,21). The highest BCUT2D eigenvalue weighted by atomic mass is 19.1. The second-order valence-electron chi connectivity index (χ2n) is 6.58. The monoisotopic (exact) mass is 349 g/mol. The number of hydrogen-bond donors (Lipinski definition) is 2. The van der Waals surface area contributed by atoms with Crippen molar-refractivity contribution >= 4 is 17.7 Å². The molecule has 2 heterocycles. The Balaban J connectivity index is 1.49. The molecule has 4 rings (SSSR count). The Morgan fingerprint density at radius 1 is 1.36 bits per heavy atom. The second kappa shape index (κ2) is 5.45. The maximum atomic E-state index is 12.9. The van der Waals surface area contributed by atoms with Crippen LogP contribution in [0.1, 0.15) is 13.3 Å². The Kier molecular flexibility index (Phi) is 3.47. The number of halogens is 1. The molecule has 132 valence electrons. The predicted octanol–water partition coefficient (Wildman–Crippen LogP) is 2.49. The molecule has 0 bridgehead atoms. The van der Waals surface area contributed by atoms with Crippen LogP contribution in [-0.4, -0.2) is 35.2 Å². The van der Waals surface area contributed by atoms with Crippen LogP contribution in [0.25, 0.3) is 0 Å². The smallest absolute Gasteiger partial charge is 0.414 e. The molecule has 1 aromatic carbocycles. The normalized spacial score (nSPS) is 34.9. The first kappa shape index (κ1) is 15.9. The fourth-order valence-electron chi connectivity index (χ4n) is 3.81. The van der Waals surface area contributed by atoms with Crippen LogP contribution < -0.4 is 5.32 Å². The number of hydrogen-bond acceptors (Lipinski definition) is 5. The fraction of sp³-hybridized carbons (Fsp3) is 0.412. The van der Waals surface area contributed by atoms with Gasteiger partial charge < -0.3 is 19.3 Å². The Bertz CT molecular complexity index is 763. The molecule has 1 aliphatic carbocycles. The number of carbonyl (C=O) groups is 2. The third-order valence-corrected chi connectivity index (χ3v) is 5.12. The summed E-state index contributed by atoms with van der Waals surface area (Å²) in [5.74, 6) is -2.15. The largest absolute Gasteiger partial charge is 0.478 e. The van der Waals surface area contributed by atoms with Gasteiger partial charge in [-0.15, -0.1) is 0 Å². The number of rotatable bonds is 3. The molecule has 1 amide bonds. The van der Waals surface area contributed by atoms with E-state index in [4.69, 9.17) is 14.2 Å². The van der Waals surface area contributed by atoms with E-state index < -0.39 is 35.7 Å². The number of carboxylic acid groups (broad SMARTS) is 1. The van der Waals surface area contributed by atoms with Gasteiger partial charge in [0.25, 0.3) is 6.29 Å². The van der Waals surface area contributed by atoms with Gasteiger partial charge in [0, 0.05) is 11.6 Å². The molecule has 25 heavy (non-hydrogen) atoms. The average molecular weight is 349 g/mol. The van der Waals surface area contributed by atoms with Gasteiger partial charge in [-0.05, 0) is 37.6 Å². The van der Waals surface area contributed by atoms with Crippen LogP contribution in [0.15, 0.2) is 36.1 Å². The van der Waals surface area contributed by atoms with Crippen LogP contribution >= 0.6 is 0 Å². The number of epoxide rings is 1. The molecule has 1 aromatic rings. The Hall–Kier alpha value is -2.61. The van der Waals surface area contributed by atoms with Crippen molar-refractivity contribution in [2.45, 2.75) is 31.3 Å². The molecule has 1 saturated heterocycles. The van der Waals surface area contributed by atoms with Crippen molar-refractivity contribution in [3.8, 4) is 0 Å². The molecular formula is C17H16FNO6. The van der Waals surface area contributed by atoms with Crippen molar-refractivity contribution in [3.05, 3.63) is 41.9 Å².